The van der Waals surface area contributed by atoms with Crippen molar-refractivity contribution in [3.8, 4) is 0 Å². The molecule has 0 spiro atoms. The summed E-state index contributed by atoms with van der Waals surface area (Å²) in [4.78, 5) is 10.3. The molecule has 0 fully saturated rings. The normalized spacial score (nSPS) is 11.9. The lowest BCUT2D eigenvalue weighted by molar-refractivity contribution is -0.384. The second-order valence-electron chi connectivity index (χ2n) is 4.99. The third-order valence-corrected chi connectivity index (χ3v) is 3.42. The molecule has 0 aromatic heterocycles. The van der Waals surface area contributed by atoms with Gasteiger partial charge in [0.2, 0.25) is 0 Å². The molecule has 0 saturated heterocycles. The number of rotatable bonds is 6. The molecule has 0 heterocycles. The zero-order valence-corrected chi connectivity index (χ0v) is 12.0. The number of nitrogens with two attached hydrogens (primary N) is 1. The summed E-state index contributed by atoms with van der Waals surface area (Å²) in [6.07, 6.45) is 0.792. The van der Waals surface area contributed by atoms with Crippen LogP contribution in [0.15, 0.2) is 48.5 Å². The van der Waals surface area contributed by atoms with Gasteiger partial charge in [-0.25, -0.2) is 0 Å². The summed E-state index contributed by atoms with van der Waals surface area (Å²) < 4.78 is 0. The highest BCUT2D eigenvalue weighted by atomic mass is 16.6. The second-order valence-corrected chi connectivity index (χ2v) is 4.99. The fourth-order valence-electron chi connectivity index (χ4n) is 2.19. The molecule has 0 aliphatic carbocycles. The van der Waals surface area contributed by atoms with Gasteiger partial charge >= 0.3 is 0 Å². The number of hydrogen-bond donors (Lipinski definition) is 2. The molecular formula is C16H19N3O2. The van der Waals surface area contributed by atoms with Crippen LogP contribution in [0.3, 0.4) is 0 Å². The van der Waals surface area contributed by atoms with Crippen molar-refractivity contribution < 1.29 is 4.92 Å². The second kappa shape index (κ2) is 6.85. The van der Waals surface area contributed by atoms with Crippen LogP contribution in [0.1, 0.15) is 23.6 Å². The van der Waals surface area contributed by atoms with E-state index < -0.39 is 0 Å². The number of hydrogen-bond acceptors (Lipinski definition) is 4. The summed E-state index contributed by atoms with van der Waals surface area (Å²) in [6, 6.07) is 14.7. The summed E-state index contributed by atoms with van der Waals surface area (Å²) in [7, 11) is 0. The molecule has 0 bridgehead atoms. The van der Waals surface area contributed by atoms with Crippen LogP contribution in [0.2, 0.25) is 0 Å². The topological polar surface area (TPSA) is 81.2 Å². The Kier molecular flexibility index (Phi) is 4.90. The van der Waals surface area contributed by atoms with Crippen LogP contribution in [0, 0.1) is 17.0 Å². The van der Waals surface area contributed by atoms with Gasteiger partial charge in [-0.05, 0) is 30.5 Å². The van der Waals surface area contributed by atoms with E-state index >= 15 is 0 Å². The molecule has 0 aliphatic heterocycles. The number of nitrogens with one attached hydrogen (secondary N) is 1. The quantitative estimate of drug-likeness (QED) is 0.629. The van der Waals surface area contributed by atoms with Crippen molar-refractivity contribution in [1.82, 2.24) is 0 Å². The molecule has 1 atom stereocenters. The first-order valence-electron chi connectivity index (χ1n) is 6.87. The molecule has 110 valence electrons. The van der Waals surface area contributed by atoms with E-state index in [1.807, 2.05) is 37.3 Å². The Morgan fingerprint density at radius 2 is 1.95 bits per heavy atom. The third-order valence-electron chi connectivity index (χ3n) is 3.42. The third kappa shape index (κ3) is 4.03. The maximum absolute atomic E-state index is 10.7. The van der Waals surface area contributed by atoms with Crippen molar-refractivity contribution in [3.63, 3.8) is 0 Å². The van der Waals surface area contributed by atoms with Crippen LogP contribution in [0.5, 0.6) is 0 Å². The molecular weight excluding hydrogens is 266 g/mol. The average molecular weight is 285 g/mol. The van der Waals surface area contributed by atoms with Crippen molar-refractivity contribution in [2.24, 2.45) is 5.73 Å². The van der Waals surface area contributed by atoms with Gasteiger partial charge in [0.1, 0.15) is 0 Å². The van der Waals surface area contributed by atoms with Crippen LogP contribution in [0.4, 0.5) is 11.4 Å². The van der Waals surface area contributed by atoms with E-state index in [9.17, 15) is 10.1 Å². The van der Waals surface area contributed by atoms with Gasteiger partial charge in [0, 0.05) is 30.4 Å². The first-order chi connectivity index (χ1) is 10.1. The largest absolute Gasteiger partial charge is 0.385 e. The SMILES string of the molecule is Cc1cc([N+](=O)[O-])ccc1NCCC(N)c1ccccc1. The lowest BCUT2D eigenvalue weighted by Crippen LogP contribution is -2.15. The van der Waals surface area contributed by atoms with Crippen molar-refractivity contribution >= 4 is 11.4 Å². The van der Waals surface area contributed by atoms with E-state index in [4.69, 9.17) is 5.73 Å². The van der Waals surface area contributed by atoms with E-state index in [1.165, 1.54) is 6.07 Å². The maximum atomic E-state index is 10.7. The lowest BCUT2D eigenvalue weighted by Gasteiger charge is -2.14. The predicted octanol–water partition coefficient (Wildman–Crippen LogP) is 3.41. The molecule has 2 aromatic rings. The van der Waals surface area contributed by atoms with Crippen LogP contribution in [-0.4, -0.2) is 11.5 Å². The zero-order chi connectivity index (χ0) is 15.2. The minimum absolute atomic E-state index is 0.0166. The Labute approximate surface area is 123 Å². The molecule has 0 radical (unpaired) electrons. The Morgan fingerprint density at radius 1 is 1.24 bits per heavy atom. The van der Waals surface area contributed by atoms with Crippen LogP contribution in [0.25, 0.3) is 0 Å². The molecule has 0 saturated carbocycles. The molecule has 21 heavy (non-hydrogen) atoms. The van der Waals surface area contributed by atoms with E-state index in [0.29, 0.717) is 6.54 Å². The fraction of sp³-hybridized carbons (Fsp3) is 0.250. The molecule has 0 amide bonds. The lowest BCUT2D eigenvalue weighted by atomic mass is 10.0. The van der Waals surface area contributed by atoms with Crippen LogP contribution >= 0.6 is 0 Å². The Bertz CT molecular complexity index is 614. The van der Waals surface area contributed by atoms with Crippen molar-refractivity contribution in [1.29, 1.82) is 0 Å². The summed E-state index contributed by atoms with van der Waals surface area (Å²) in [5.41, 5.74) is 9.12. The van der Waals surface area contributed by atoms with E-state index in [1.54, 1.807) is 12.1 Å². The van der Waals surface area contributed by atoms with Crippen molar-refractivity contribution in [2.45, 2.75) is 19.4 Å². The van der Waals surface area contributed by atoms with Crippen molar-refractivity contribution in [2.75, 3.05) is 11.9 Å². The number of nitro groups is 1. The molecule has 0 aliphatic rings. The van der Waals surface area contributed by atoms with Gasteiger partial charge in [0.25, 0.3) is 5.69 Å². The summed E-state index contributed by atoms with van der Waals surface area (Å²) >= 11 is 0. The van der Waals surface area contributed by atoms with Crippen molar-refractivity contribution in [3.05, 3.63) is 69.8 Å². The number of anilines is 1. The van der Waals surface area contributed by atoms with E-state index in [0.717, 1.165) is 23.2 Å². The highest BCUT2D eigenvalue weighted by Gasteiger charge is 2.09. The molecule has 2 aromatic carbocycles. The molecule has 3 N–H and O–H groups in total. The Hall–Kier alpha value is -2.40. The highest BCUT2D eigenvalue weighted by molar-refractivity contribution is 5.55. The first-order valence-corrected chi connectivity index (χ1v) is 6.87. The summed E-state index contributed by atoms with van der Waals surface area (Å²) in [5, 5.41) is 14.0. The Morgan fingerprint density at radius 3 is 2.57 bits per heavy atom. The van der Waals surface area contributed by atoms with Gasteiger partial charge in [-0.15, -0.1) is 0 Å². The van der Waals surface area contributed by atoms with Gasteiger partial charge in [-0.3, -0.25) is 10.1 Å². The number of non-ortho nitro benzene ring substituents is 1. The molecule has 5 heteroatoms. The molecule has 1 unspecified atom stereocenters. The number of aryl methyl sites for hydroxylation is 1. The van der Waals surface area contributed by atoms with Gasteiger partial charge in [-0.1, -0.05) is 30.3 Å². The highest BCUT2D eigenvalue weighted by Crippen LogP contribution is 2.21. The maximum Gasteiger partial charge on any atom is 0.269 e. The number of nitrogens with zero attached hydrogens (tertiary/aromatic N) is 1. The van der Waals surface area contributed by atoms with Crippen LogP contribution in [-0.2, 0) is 0 Å². The zero-order valence-electron chi connectivity index (χ0n) is 12.0. The average Bonchev–Trinajstić information content (AvgIpc) is 2.49. The standard InChI is InChI=1S/C16H19N3O2/c1-12-11-14(19(20)21)7-8-16(12)18-10-9-15(17)13-5-3-2-4-6-13/h2-8,11,15,18H,9-10,17H2,1H3. The minimum Gasteiger partial charge on any atom is -0.385 e. The van der Waals surface area contributed by atoms with Crippen LogP contribution < -0.4 is 11.1 Å². The minimum atomic E-state index is -0.387. The Balaban J connectivity index is 1.90. The molecule has 2 rings (SSSR count). The number of nitro benzene ring substituents is 1. The van der Waals surface area contributed by atoms with Gasteiger partial charge in [-0.2, -0.15) is 0 Å². The van der Waals surface area contributed by atoms with Gasteiger partial charge in [0.05, 0.1) is 4.92 Å². The van der Waals surface area contributed by atoms with E-state index in [2.05, 4.69) is 5.32 Å². The number of benzene rings is 2. The first kappa shape index (κ1) is 15.0. The van der Waals surface area contributed by atoms with E-state index in [-0.39, 0.29) is 16.7 Å². The monoisotopic (exact) mass is 285 g/mol. The molecule has 5 nitrogen and oxygen atoms in total. The summed E-state index contributed by atoms with van der Waals surface area (Å²) in [6.45, 7) is 2.57. The van der Waals surface area contributed by atoms with Gasteiger partial charge in [0.15, 0.2) is 0 Å². The predicted molar refractivity (Wildman–Crippen MR) is 84.3 cm³/mol. The smallest absolute Gasteiger partial charge is 0.269 e. The van der Waals surface area contributed by atoms with Gasteiger partial charge < -0.3 is 11.1 Å². The summed E-state index contributed by atoms with van der Waals surface area (Å²) in [5.74, 6) is 0. The fourth-order valence-corrected chi connectivity index (χ4v) is 2.19.